The minimum Gasteiger partial charge on any atom is -0.359 e. The molecule has 2 nitrogen and oxygen atoms in total. The quantitative estimate of drug-likeness (QED) is 0.799. The van der Waals surface area contributed by atoms with Crippen LogP contribution in [0.4, 0.5) is 0 Å². The second kappa shape index (κ2) is 7.80. The van der Waals surface area contributed by atoms with Crippen molar-refractivity contribution < 1.29 is 0 Å². The minimum atomic E-state index is 0.557. The van der Waals surface area contributed by atoms with Crippen LogP contribution in [-0.4, -0.2) is 29.6 Å². The second-order valence-electron chi connectivity index (χ2n) is 4.84. The second-order valence-corrected chi connectivity index (χ2v) is 4.84. The molecule has 2 heteroatoms. The summed E-state index contributed by atoms with van der Waals surface area (Å²) < 4.78 is 0. The molecule has 1 heterocycles. The van der Waals surface area contributed by atoms with Gasteiger partial charge in [-0.1, -0.05) is 49.2 Å². The van der Waals surface area contributed by atoms with E-state index < -0.39 is 0 Å². The number of aryl methyl sites for hydroxylation is 1. The van der Waals surface area contributed by atoms with Crippen LogP contribution in [0.25, 0.3) is 0 Å². The van der Waals surface area contributed by atoms with Gasteiger partial charge in [0, 0.05) is 26.0 Å². The van der Waals surface area contributed by atoms with Crippen LogP contribution in [-0.2, 0) is 0 Å². The first kappa shape index (κ1) is 14.6. The maximum Gasteiger partial charge on any atom is 0.0974 e. The first-order valence-corrected chi connectivity index (χ1v) is 6.82. The highest BCUT2D eigenvalue weighted by Gasteiger charge is 2.16. The molecule has 0 saturated carbocycles. The van der Waals surface area contributed by atoms with Gasteiger partial charge in [0.2, 0.25) is 0 Å². The van der Waals surface area contributed by atoms with E-state index in [-0.39, 0.29) is 0 Å². The van der Waals surface area contributed by atoms with Crippen LogP contribution in [0.3, 0.4) is 0 Å². The molecule has 0 fully saturated rings. The SMILES string of the molecule is CCCCN1C=CN(C)C1C.Cc1ccccc1. The van der Waals surface area contributed by atoms with Crippen molar-refractivity contribution in [1.82, 2.24) is 9.80 Å². The van der Waals surface area contributed by atoms with Gasteiger partial charge in [0.1, 0.15) is 0 Å². The van der Waals surface area contributed by atoms with Crippen molar-refractivity contribution in [3.63, 3.8) is 0 Å². The van der Waals surface area contributed by atoms with Crippen molar-refractivity contribution in [2.75, 3.05) is 13.6 Å². The fraction of sp³-hybridized carbons (Fsp3) is 0.500. The Bertz CT molecular complexity index is 345. The lowest BCUT2D eigenvalue weighted by Crippen LogP contribution is -2.33. The Labute approximate surface area is 112 Å². The molecule has 0 aliphatic carbocycles. The topological polar surface area (TPSA) is 6.48 Å². The molecule has 100 valence electrons. The van der Waals surface area contributed by atoms with E-state index in [0.717, 1.165) is 0 Å². The van der Waals surface area contributed by atoms with Gasteiger partial charge in [0.25, 0.3) is 0 Å². The summed E-state index contributed by atoms with van der Waals surface area (Å²) in [5.41, 5.74) is 1.32. The Morgan fingerprint density at radius 1 is 1.11 bits per heavy atom. The van der Waals surface area contributed by atoms with E-state index in [4.69, 9.17) is 0 Å². The molecule has 0 aromatic heterocycles. The molecular formula is C16H26N2. The zero-order chi connectivity index (χ0) is 13.4. The molecule has 1 aromatic rings. The summed E-state index contributed by atoms with van der Waals surface area (Å²) in [6, 6.07) is 10.3. The summed E-state index contributed by atoms with van der Waals surface area (Å²) >= 11 is 0. The van der Waals surface area contributed by atoms with Crippen molar-refractivity contribution in [2.24, 2.45) is 0 Å². The predicted octanol–water partition coefficient (Wildman–Crippen LogP) is 3.85. The summed E-state index contributed by atoms with van der Waals surface area (Å²) in [6.45, 7) is 7.74. The molecule has 18 heavy (non-hydrogen) atoms. The van der Waals surface area contributed by atoms with Crippen molar-refractivity contribution >= 4 is 0 Å². The zero-order valence-electron chi connectivity index (χ0n) is 12.1. The lowest BCUT2D eigenvalue weighted by molar-refractivity contribution is 0.193. The maximum absolute atomic E-state index is 2.38. The molecule has 0 radical (unpaired) electrons. The molecule has 1 aromatic carbocycles. The zero-order valence-corrected chi connectivity index (χ0v) is 12.1. The monoisotopic (exact) mass is 246 g/mol. The Morgan fingerprint density at radius 3 is 2.17 bits per heavy atom. The Balaban J connectivity index is 0.000000199. The summed E-state index contributed by atoms with van der Waals surface area (Å²) in [4.78, 5) is 4.61. The van der Waals surface area contributed by atoms with Gasteiger partial charge in [-0.2, -0.15) is 0 Å². The Kier molecular flexibility index (Phi) is 6.34. The highest BCUT2D eigenvalue weighted by Crippen LogP contribution is 2.13. The van der Waals surface area contributed by atoms with E-state index in [1.165, 1.54) is 24.9 Å². The molecule has 0 spiro atoms. The van der Waals surface area contributed by atoms with Gasteiger partial charge in [0.05, 0.1) is 6.17 Å². The molecular weight excluding hydrogens is 220 g/mol. The van der Waals surface area contributed by atoms with Crippen LogP contribution >= 0.6 is 0 Å². The fourth-order valence-corrected chi connectivity index (χ4v) is 1.81. The van der Waals surface area contributed by atoms with E-state index in [1.54, 1.807) is 0 Å². The van der Waals surface area contributed by atoms with Gasteiger partial charge in [0.15, 0.2) is 0 Å². The van der Waals surface area contributed by atoms with Gasteiger partial charge in [-0.15, -0.1) is 0 Å². The molecule has 1 unspecified atom stereocenters. The smallest absolute Gasteiger partial charge is 0.0974 e. The van der Waals surface area contributed by atoms with E-state index in [0.29, 0.717) is 6.17 Å². The van der Waals surface area contributed by atoms with Gasteiger partial charge in [-0.25, -0.2) is 0 Å². The fourth-order valence-electron chi connectivity index (χ4n) is 1.81. The third kappa shape index (κ3) is 4.82. The molecule has 0 bridgehead atoms. The molecule has 1 aliphatic rings. The van der Waals surface area contributed by atoms with Crippen molar-refractivity contribution in [1.29, 1.82) is 0 Å². The van der Waals surface area contributed by atoms with Gasteiger partial charge >= 0.3 is 0 Å². The van der Waals surface area contributed by atoms with Gasteiger partial charge < -0.3 is 9.80 Å². The number of rotatable bonds is 3. The van der Waals surface area contributed by atoms with Crippen LogP contribution in [0.15, 0.2) is 42.7 Å². The van der Waals surface area contributed by atoms with Crippen molar-refractivity contribution in [3.8, 4) is 0 Å². The highest BCUT2D eigenvalue weighted by atomic mass is 15.4. The molecule has 0 amide bonds. The van der Waals surface area contributed by atoms with Gasteiger partial charge in [-0.05, 0) is 20.3 Å². The lowest BCUT2D eigenvalue weighted by Gasteiger charge is -2.26. The van der Waals surface area contributed by atoms with Crippen LogP contribution in [0.1, 0.15) is 32.3 Å². The van der Waals surface area contributed by atoms with Crippen LogP contribution in [0, 0.1) is 6.92 Å². The molecule has 0 saturated heterocycles. The largest absolute Gasteiger partial charge is 0.359 e. The first-order valence-electron chi connectivity index (χ1n) is 6.82. The molecule has 2 rings (SSSR count). The standard InChI is InChI=1S/C9H18N2.C7H8/c1-4-5-6-11-8-7-10(3)9(11)2;1-7-5-3-2-4-6-7/h7-9H,4-6H2,1-3H3;2-6H,1H3. The predicted molar refractivity (Wildman–Crippen MR) is 79.2 cm³/mol. The van der Waals surface area contributed by atoms with Crippen LogP contribution < -0.4 is 0 Å². The maximum atomic E-state index is 2.38. The summed E-state index contributed by atoms with van der Waals surface area (Å²) in [5.74, 6) is 0. The molecule has 1 atom stereocenters. The molecule has 1 aliphatic heterocycles. The van der Waals surface area contributed by atoms with E-state index in [1.807, 2.05) is 18.2 Å². The third-order valence-corrected chi connectivity index (χ3v) is 3.27. The number of benzene rings is 1. The minimum absolute atomic E-state index is 0.557. The summed E-state index contributed by atoms with van der Waals surface area (Å²) in [6.07, 6.45) is 7.45. The number of hydrogen-bond donors (Lipinski definition) is 0. The van der Waals surface area contributed by atoms with Gasteiger partial charge in [-0.3, -0.25) is 0 Å². The Hall–Kier alpha value is -1.44. The van der Waals surface area contributed by atoms with Crippen molar-refractivity contribution in [2.45, 2.75) is 39.8 Å². The number of unbranched alkanes of at least 4 members (excludes halogenated alkanes) is 1. The average Bonchev–Trinajstić information content (AvgIpc) is 2.69. The van der Waals surface area contributed by atoms with E-state index in [9.17, 15) is 0 Å². The van der Waals surface area contributed by atoms with Crippen LogP contribution in [0.2, 0.25) is 0 Å². The van der Waals surface area contributed by atoms with E-state index in [2.05, 4.69) is 62.2 Å². The molecule has 0 N–H and O–H groups in total. The highest BCUT2D eigenvalue weighted by molar-refractivity contribution is 5.11. The summed E-state index contributed by atoms with van der Waals surface area (Å²) in [7, 11) is 2.12. The van der Waals surface area contributed by atoms with Crippen molar-refractivity contribution in [3.05, 3.63) is 48.3 Å². The number of nitrogens with zero attached hydrogens (tertiary/aromatic N) is 2. The van der Waals surface area contributed by atoms with Crippen LogP contribution in [0.5, 0.6) is 0 Å². The Morgan fingerprint density at radius 2 is 1.78 bits per heavy atom. The average molecular weight is 246 g/mol. The third-order valence-electron chi connectivity index (χ3n) is 3.27. The number of hydrogen-bond acceptors (Lipinski definition) is 2. The van der Waals surface area contributed by atoms with E-state index >= 15 is 0 Å². The normalized spacial score (nSPS) is 17.7. The first-order chi connectivity index (χ1) is 8.65. The lowest BCUT2D eigenvalue weighted by atomic mass is 10.2. The summed E-state index contributed by atoms with van der Waals surface area (Å²) in [5, 5.41) is 0.